The molecule has 1 amide bonds. The predicted molar refractivity (Wildman–Crippen MR) is 163 cm³/mol. The van der Waals surface area contributed by atoms with Gasteiger partial charge >= 0.3 is 5.97 Å². The highest BCUT2D eigenvalue weighted by molar-refractivity contribution is 6.30. The van der Waals surface area contributed by atoms with Gasteiger partial charge in [0.2, 0.25) is 0 Å². The van der Waals surface area contributed by atoms with Crippen molar-refractivity contribution in [1.29, 1.82) is 0 Å². The molecule has 0 N–H and O–H groups in total. The molecule has 0 unspecified atom stereocenters. The van der Waals surface area contributed by atoms with E-state index in [2.05, 4.69) is 4.90 Å². The molecule has 5 rings (SSSR count). The van der Waals surface area contributed by atoms with Gasteiger partial charge in [0, 0.05) is 42.8 Å². The number of esters is 1. The lowest BCUT2D eigenvalue weighted by atomic mass is 9.97. The highest BCUT2D eigenvalue weighted by atomic mass is 35.5. The lowest BCUT2D eigenvalue weighted by Gasteiger charge is -2.47. The number of halogens is 2. The molecule has 1 aromatic carbocycles. The molecular formula is C32H35ClFN5O3. The van der Waals surface area contributed by atoms with E-state index in [1.54, 1.807) is 25.1 Å². The summed E-state index contributed by atoms with van der Waals surface area (Å²) < 4.78 is 21.2. The van der Waals surface area contributed by atoms with Crippen molar-refractivity contribution in [3.05, 3.63) is 75.9 Å². The smallest absolute Gasteiger partial charge is 0.339 e. The Hall–Kier alpha value is -3.98. The number of aromatic nitrogens is 3. The van der Waals surface area contributed by atoms with E-state index in [1.807, 2.05) is 62.4 Å². The molecule has 42 heavy (non-hydrogen) atoms. The molecule has 8 nitrogen and oxygen atoms in total. The first-order valence-electron chi connectivity index (χ1n) is 13.9. The number of pyridine rings is 2. The zero-order valence-corrected chi connectivity index (χ0v) is 25.7. The average Bonchev–Trinajstić information content (AvgIpc) is 3.32. The Morgan fingerprint density at radius 2 is 1.81 bits per heavy atom. The lowest BCUT2D eigenvalue weighted by Crippen LogP contribution is -2.61. The topological polar surface area (TPSA) is 80.6 Å². The van der Waals surface area contributed by atoms with Crippen LogP contribution in [0.2, 0.25) is 5.02 Å². The number of benzene rings is 1. The second-order valence-electron chi connectivity index (χ2n) is 11.7. The third kappa shape index (κ3) is 5.22. The Bertz CT molecular complexity index is 1690. The fraction of sp³-hybridized carbons (Fsp3) is 0.375. The molecule has 4 aromatic rings. The highest BCUT2D eigenvalue weighted by Gasteiger charge is 2.38. The molecule has 10 heteroatoms. The molecule has 1 fully saturated rings. The minimum Gasteiger partial charge on any atom is -0.465 e. The van der Waals surface area contributed by atoms with Crippen molar-refractivity contribution in [3.63, 3.8) is 0 Å². The van der Waals surface area contributed by atoms with Gasteiger partial charge in [0.15, 0.2) is 0 Å². The number of nitrogens with zero attached hydrogens (tertiary/aromatic N) is 5. The highest BCUT2D eigenvalue weighted by Crippen LogP contribution is 2.34. The van der Waals surface area contributed by atoms with Crippen LogP contribution < -0.4 is 4.90 Å². The minimum absolute atomic E-state index is 0.0688. The molecule has 1 aliphatic heterocycles. The molecule has 0 saturated carbocycles. The maximum Gasteiger partial charge on any atom is 0.339 e. The number of anilines is 1. The van der Waals surface area contributed by atoms with Gasteiger partial charge in [-0.25, -0.2) is 19.2 Å². The van der Waals surface area contributed by atoms with Crippen molar-refractivity contribution in [2.24, 2.45) is 0 Å². The molecule has 0 atom stereocenters. The molecule has 1 saturated heterocycles. The third-order valence-electron chi connectivity index (χ3n) is 7.93. The molecule has 4 heterocycles. The zero-order chi connectivity index (χ0) is 30.5. The number of ether oxygens (including phenoxy) is 1. The molecule has 0 bridgehead atoms. The monoisotopic (exact) mass is 591 g/mol. The van der Waals surface area contributed by atoms with E-state index in [0.29, 0.717) is 47.8 Å². The Balaban J connectivity index is 1.44. The third-order valence-corrected chi connectivity index (χ3v) is 8.24. The van der Waals surface area contributed by atoms with Crippen LogP contribution in [0.3, 0.4) is 0 Å². The Kier molecular flexibility index (Phi) is 7.74. The van der Waals surface area contributed by atoms with Crippen molar-refractivity contribution in [3.8, 4) is 11.1 Å². The summed E-state index contributed by atoms with van der Waals surface area (Å²) in [5.74, 6) is -0.280. The second kappa shape index (κ2) is 11.0. The molecule has 1 aliphatic rings. The Morgan fingerprint density at radius 1 is 1.07 bits per heavy atom. The lowest BCUT2D eigenvalue weighted by molar-refractivity contribution is 0.0506. The van der Waals surface area contributed by atoms with Crippen LogP contribution in [-0.4, -0.2) is 63.6 Å². The summed E-state index contributed by atoms with van der Waals surface area (Å²) in [6, 6.07) is 10.3. The van der Waals surface area contributed by atoms with Crippen molar-refractivity contribution in [2.75, 3.05) is 31.6 Å². The van der Waals surface area contributed by atoms with Gasteiger partial charge in [-0.2, -0.15) is 0 Å². The fourth-order valence-electron chi connectivity index (χ4n) is 5.78. The molecule has 220 valence electrons. The molecule has 0 aliphatic carbocycles. The van der Waals surface area contributed by atoms with E-state index >= 15 is 0 Å². The number of carbonyl (C=O) groups is 2. The summed E-state index contributed by atoms with van der Waals surface area (Å²) in [5, 5.41) is 0.901. The van der Waals surface area contributed by atoms with Crippen LogP contribution in [0.1, 0.15) is 65.8 Å². The van der Waals surface area contributed by atoms with E-state index in [0.717, 1.165) is 22.3 Å². The first-order chi connectivity index (χ1) is 19.8. The van der Waals surface area contributed by atoms with Crippen molar-refractivity contribution in [2.45, 2.75) is 53.1 Å². The van der Waals surface area contributed by atoms with Crippen LogP contribution in [0, 0.1) is 19.7 Å². The first-order valence-corrected chi connectivity index (χ1v) is 14.3. The van der Waals surface area contributed by atoms with Crippen LogP contribution >= 0.6 is 11.6 Å². The number of hydrogen-bond acceptors (Lipinski definition) is 6. The number of rotatable bonds is 5. The van der Waals surface area contributed by atoms with E-state index in [4.69, 9.17) is 26.3 Å². The van der Waals surface area contributed by atoms with Crippen molar-refractivity contribution < 1.29 is 18.7 Å². The van der Waals surface area contributed by atoms with Gasteiger partial charge < -0.3 is 19.1 Å². The number of hydrogen-bond donors (Lipinski definition) is 0. The number of carbonyl (C=O) groups excluding carboxylic acids is 2. The van der Waals surface area contributed by atoms with Gasteiger partial charge in [-0.15, -0.1) is 0 Å². The normalized spacial score (nSPS) is 15.0. The molecule has 0 radical (unpaired) electrons. The number of amides is 1. The van der Waals surface area contributed by atoms with Gasteiger partial charge in [-0.1, -0.05) is 17.7 Å². The Labute approximate surface area is 250 Å². The van der Waals surface area contributed by atoms with E-state index in [9.17, 15) is 14.0 Å². The Morgan fingerprint density at radius 3 is 2.43 bits per heavy atom. The zero-order valence-electron chi connectivity index (χ0n) is 25.0. The van der Waals surface area contributed by atoms with Gasteiger partial charge in [0.1, 0.15) is 23.0 Å². The van der Waals surface area contributed by atoms with Crippen LogP contribution in [0.4, 0.5) is 10.2 Å². The summed E-state index contributed by atoms with van der Waals surface area (Å²) in [6.07, 6.45) is 1.95. The maximum absolute atomic E-state index is 14.3. The maximum atomic E-state index is 14.3. The predicted octanol–water partition coefficient (Wildman–Crippen LogP) is 6.62. The fourth-order valence-corrected chi connectivity index (χ4v) is 5.90. The van der Waals surface area contributed by atoms with Crippen molar-refractivity contribution >= 4 is 40.3 Å². The van der Waals surface area contributed by atoms with Gasteiger partial charge in [0.05, 0.1) is 28.9 Å². The second-order valence-corrected chi connectivity index (χ2v) is 12.1. The number of fused-ring (bicyclic) bond motifs is 1. The van der Waals surface area contributed by atoms with E-state index in [1.165, 1.54) is 13.2 Å². The molecular weight excluding hydrogens is 557 g/mol. The van der Waals surface area contributed by atoms with E-state index < -0.39 is 17.3 Å². The summed E-state index contributed by atoms with van der Waals surface area (Å²) in [7, 11) is 1.36. The summed E-state index contributed by atoms with van der Waals surface area (Å²) in [6.45, 7) is 13.4. The van der Waals surface area contributed by atoms with Crippen LogP contribution in [0.5, 0.6) is 0 Å². The summed E-state index contributed by atoms with van der Waals surface area (Å²) in [5.41, 5.74) is 3.90. The molecule has 3 aromatic heterocycles. The van der Waals surface area contributed by atoms with Gasteiger partial charge in [0.25, 0.3) is 5.91 Å². The van der Waals surface area contributed by atoms with Crippen molar-refractivity contribution in [1.82, 2.24) is 19.4 Å². The average molecular weight is 592 g/mol. The number of methoxy groups -OCH3 is 1. The number of aryl methyl sites for hydroxylation is 2. The van der Waals surface area contributed by atoms with Gasteiger partial charge in [-0.05, 0) is 83.0 Å². The summed E-state index contributed by atoms with van der Waals surface area (Å²) in [4.78, 5) is 39.6. The first kappa shape index (κ1) is 29.5. The minimum atomic E-state index is -0.525. The van der Waals surface area contributed by atoms with Crippen LogP contribution in [-0.2, 0) is 4.74 Å². The molecule has 0 spiro atoms. The SMILES string of the molecule is COC(=O)c1c(C)cc(N2CCN(C(=O)c3ccc4c(-c5ccc(Cl)c(F)c5)cn(C(C)C)c4n3)C(C)(C)C2)nc1C. The van der Waals surface area contributed by atoms with Crippen LogP contribution in [0.25, 0.3) is 22.2 Å². The summed E-state index contributed by atoms with van der Waals surface area (Å²) >= 11 is 5.92. The van der Waals surface area contributed by atoms with Crippen LogP contribution in [0.15, 0.2) is 42.6 Å². The number of piperazine rings is 1. The van der Waals surface area contributed by atoms with E-state index in [-0.39, 0.29) is 17.0 Å². The quantitative estimate of drug-likeness (QED) is 0.243. The standard InChI is InChI=1S/C32H35ClFN5O3/c1-18(2)38-16-23(21-8-10-24(33)25(34)15-21)22-9-11-26(36-29(22)38)30(40)39-13-12-37(17-32(39,5)6)27-14-19(3)28(20(4)35-27)31(41)42-7/h8-11,14-16,18H,12-13,17H2,1-7H3. The largest absolute Gasteiger partial charge is 0.465 e. The van der Waals surface area contributed by atoms with Gasteiger partial charge in [-0.3, -0.25) is 4.79 Å².